The smallest absolute Gasteiger partial charge is 0.165 e. The number of para-hydroxylation sites is 1. The maximum Gasteiger partial charge on any atom is 0.165 e. The van der Waals surface area contributed by atoms with E-state index in [1.165, 1.54) is 44.1 Å². The summed E-state index contributed by atoms with van der Waals surface area (Å²) >= 11 is 0. The second-order valence-corrected chi connectivity index (χ2v) is 6.33. The predicted octanol–water partition coefficient (Wildman–Crippen LogP) is 3.91. The Balaban J connectivity index is 1.52. The first-order valence-corrected chi connectivity index (χ1v) is 8.47. The van der Waals surface area contributed by atoms with Gasteiger partial charge in [-0.15, -0.1) is 0 Å². The zero-order chi connectivity index (χ0) is 14.5. The van der Waals surface area contributed by atoms with E-state index in [4.69, 9.17) is 9.47 Å². The van der Waals surface area contributed by atoms with E-state index < -0.39 is 0 Å². The van der Waals surface area contributed by atoms with Crippen LogP contribution in [0.5, 0.6) is 11.5 Å². The maximum atomic E-state index is 5.78. The van der Waals surface area contributed by atoms with Gasteiger partial charge in [-0.1, -0.05) is 31.9 Å². The molecule has 1 aliphatic carbocycles. The normalized spacial score (nSPS) is 24.8. The molecule has 0 radical (unpaired) electrons. The first kappa shape index (κ1) is 14.7. The van der Waals surface area contributed by atoms with Gasteiger partial charge in [0.1, 0.15) is 13.2 Å². The molecule has 21 heavy (non-hydrogen) atoms. The third-order valence-corrected chi connectivity index (χ3v) is 4.77. The van der Waals surface area contributed by atoms with Crippen LogP contribution in [0.15, 0.2) is 18.2 Å². The quantitative estimate of drug-likeness (QED) is 0.891. The summed E-state index contributed by atoms with van der Waals surface area (Å²) in [5.41, 5.74) is 1.22. The third-order valence-electron chi connectivity index (χ3n) is 4.77. The Morgan fingerprint density at radius 3 is 2.71 bits per heavy atom. The first-order valence-electron chi connectivity index (χ1n) is 8.47. The highest BCUT2D eigenvalue weighted by Crippen LogP contribution is 2.34. The number of benzene rings is 1. The number of nitrogens with one attached hydrogen (secondary N) is 1. The number of fused-ring (bicyclic) bond motifs is 1. The number of hydrogen-bond donors (Lipinski definition) is 1. The third kappa shape index (κ3) is 3.70. The summed E-state index contributed by atoms with van der Waals surface area (Å²) in [6.45, 7) is 4.50. The molecule has 1 aromatic rings. The van der Waals surface area contributed by atoms with Crippen molar-refractivity contribution >= 4 is 0 Å². The van der Waals surface area contributed by atoms with Gasteiger partial charge in [-0.2, -0.15) is 0 Å². The molecule has 3 heteroatoms. The topological polar surface area (TPSA) is 30.5 Å². The Labute approximate surface area is 128 Å². The minimum atomic E-state index is 0.658. The van der Waals surface area contributed by atoms with Gasteiger partial charge in [0, 0.05) is 18.2 Å². The van der Waals surface area contributed by atoms with Crippen LogP contribution in [0.2, 0.25) is 0 Å². The average Bonchev–Trinajstić information content (AvgIpc) is 2.54. The summed E-state index contributed by atoms with van der Waals surface area (Å²) < 4.78 is 11.4. The predicted molar refractivity (Wildman–Crippen MR) is 84.9 cm³/mol. The van der Waals surface area contributed by atoms with Gasteiger partial charge in [0.05, 0.1) is 0 Å². The Morgan fingerprint density at radius 1 is 1.10 bits per heavy atom. The van der Waals surface area contributed by atoms with Gasteiger partial charge in [0.2, 0.25) is 0 Å². The van der Waals surface area contributed by atoms with E-state index in [-0.39, 0.29) is 0 Å². The summed E-state index contributed by atoms with van der Waals surface area (Å²) in [4.78, 5) is 0. The highest BCUT2D eigenvalue weighted by Gasteiger charge is 2.21. The van der Waals surface area contributed by atoms with Crippen LogP contribution in [0.4, 0.5) is 0 Å². The molecule has 0 bridgehead atoms. The monoisotopic (exact) mass is 289 g/mol. The molecule has 1 fully saturated rings. The molecule has 1 saturated carbocycles. The lowest BCUT2D eigenvalue weighted by Crippen LogP contribution is -2.33. The van der Waals surface area contributed by atoms with E-state index in [9.17, 15) is 0 Å². The van der Waals surface area contributed by atoms with Gasteiger partial charge in [-0.3, -0.25) is 0 Å². The number of rotatable bonds is 5. The molecule has 0 atom stereocenters. The molecule has 3 rings (SSSR count). The minimum Gasteiger partial charge on any atom is -0.486 e. The lowest BCUT2D eigenvalue weighted by molar-refractivity contribution is 0.169. The Morgan fingerprint density at radius 2 is 1.90 bits per heavy atom. The van der Waals surface area contributed by atoms with Crippen LogP contribution >= 0.6 is 0 Å². The van der Waals surface area contributed by atoms with E-state index in [2.05, 4.69) is 24.4 Å². The Bertz CT molecular complexity index is 453. The molecule has 1 aromatic carbocycles. The largest absolute Gasteiger partial charge is 0.486 e. The zero-order valence-electron chi connectivity index (χ0n) is 13.1. The maximum absolute atomic E-state index is 5.78. The zero-order valence-corrected chi connectivity index (χ0v) is 13.1. The van der Waals surface area contributed by atoms with E-state index in [0.29, 0.717) is 19.3 Å². The van der Waals surface area contributed by atoms with E-state index in [0.717, 1.165) is 24.0 Å². The van der Waals surface area contributed by atoms with Gasteiger partial charge >= 0.3 is 0 Å². The van der Waals surface area contributed by atoms with Crippen LogP contribution < -0.4 is 14.8 Å². The first-order chi connectivity index (χ1) is 10.4. The number of hydrogen-bond acceptors (Lipinski definition) is 3. The van der Waals surface area contributed by atoms with Crippen LogP contribution in [0.3, 0.4) is 0 Å². The molecular weight excluding hydrogens is 262 g/mol. The molecule has 1 heterocycles. The van der Waals surface area contributed by atoms with Crippen molar-refractivity contribution in [3.8, 4) is 11.5 Å². The van der Waals surface area contributed by atoms with Crippen LogP contribution in [0, 0.1) is 5.92 Å². The molecule has 3 nitrogen and oxygen atoms in total. The number of ether oxygens (including phenoxy) is 2. The van der Waals surface area contributed by atoms with Crippen LogP contribution in [-0.2, 0) is 6.54 Å². The summed E-state index contributed by atoms with van der Waals surface area (Å²) in [5.74, 6) is 2.80. The van der Waals surface area contributed by atoms with Gasteiger partial charge in [-0.05, 0) is 37.7 Å². The van der Waals surface area contributed by atoms with Crippen molar-refractivity contribution in [2.24, 2.45) is 5.92 Å². The molecule has 0 saturated heterocycles. The molecule has 1 aliphatic heterocycles. The van der Waals surface area contributed by atoms with Gasteiger partial charge < -0.3 is 14.8 Å². The lowest BCUT2D eigenvalue weighted by atomic mass is 9.83. The molecule has 0 aromatic heterocycles. The Hall–Kier alpha value is -1.22. The summed E-state index contributed by atoms with van der Waals surface area (Å²) in [6.07, 6.45) is 8.14. The second-order valence-electron chi connectivity index (χ2n) is 6.33. The van der Waals surface area contributed by atoms with Gasteiger partial charge in [0.15, 0.2) is 11.5 Å². The molecule has 2 aliphatic rings. The van der Waals surface area contributed by atoms with E-state index >= 15 is 0 Å². The van der Waals surface area contributed by atoms with Crippen molar-refractivity contribution < 1.29 is 9.47 Å². The standard InChI is InChI=1S/C18H27NO2/c1-2-4-14-7-9-16(10-8-14)19-13-15-5-3-6-17-18(15)21-12-11-20-17/h3,5-6,14,16,19H,2,4,7-13H2,1H3. The van der Waals surface area contributed by atoms with Crippen molar-refractivity contribution in [2.75, 3.05) is 13.2 Å². The lowest BCUT2D eigenvalue weighted by Gasteiger charge is -2.29. The van der Waals surface area contributed by atoms with Crippen LogP contribution in [-0.4, -0.2) is 19.3 Å². The van der Waals surface area contributed by atoms with Crippen LogP contribution in [0.25, 0.3) is 0 Å². The molecule has 1 N–H and O–H groups in total. The fourth-order valence-electron chi connectivity index (χ4n) is 3.59. The van der Waals surface area contributed by atoms with Gasteiger partial charge in [0.25, 0.3) is 0 Å². The molecular formula is C18H27NO2. The summed E-state index contributed by atoms with van der Waals surface area (Å²) in [5, 5.41) is 3.72. The van der Waals surface area contributed by atoms with Crippen molar-refractivity contribution in [3.63, 3.8) is 0 Å². The highest BCUT2D eigenvalue weighted by atomic mass is 16.6. The van der Waals surface area contributed by atoms with Crippen molar-refractivity contribution in [3.05, 3.63) is 23.8 Å². The SMILES string of the molecule is CCCC1CCC(NCc2cccc3c2OCCO3)CC1. The molecule has 0 spiro atoms. The minimum absolute atomic E-state index is 0.658. The summed E-state index contributed by atoms with van der Waals surface area (Å²) in [6, 6.07) is 6.86. The average molecular weight is 289 g/mol. The van der Waals surface area contributed by atoms with Crippen molar-refractivity contribution in [1.29, 1.82) is 0 Å². The van der Waals surface area contributed by atoms with Crippen molar-refractivity contribution in [1.82, 2.24) is 5.32 Å². The van der Waals surface area contributed by atoms with Crippen LogP contribution in [0.1, 0.15) is 51.0 Å². The van der Waals surface area contributed by atoms with E-state index in [1.54, 1.807) is 0 Å². The Kier molecular flexibility index (Phi) is 5.02. The second kappa shape index (κ2) is 7.17. The molecule has 116 valence electrons. The fraction of sp³-hybridized carbons (Fsp3) is 0.667. The van der Waals surface area contributed by atoms with Gasteiger partial charge in [-0.25, -0.2) is 0 Å². The highest BCUT2D eigenvalue weighted by molar-refractivity contribution is 5.47. The summed E-state index contributed by atoms with van der Waals surface area (Å²) in [7, 11) is 0. The molecule has 0 amide bonds. The fourth-order valence-corrected chi connectivity index (χ4v) is 3.59. The van der Waals surface area contributed by atoms with E-state index in [1.807, 2.05) is 6.07 Å². The van der Waals surface area contributed by atoms with Crippen molar-refractivity contribution in [2.45, 2.75) is 58.0 Å². The molecule has 0 unspecified atom stereocenters.